The van der Waals surface area contributed by atoms with Crippen molar-refractivity contribution in [3.8, 4) is 11.5 Å². The summed E-state index contributed by atoms with van der Waals surface area (Å²) in [5, 5.41) is 3.58. The summed E-state index contributed by atoms with van der Waals surface area (Å²) in [5.74, 6) is 1.26. The van der Waals surface area contributed by atoms with E-state index in [9.17, 15) is 4.79 Å². The fourth-order valence-electron chi connectivity index (χ4n) is 5.35. The van der Waals surface area contributed by atoms with Crippen LogP contribution in [0.3, 0.4) is 0 Å². The quantitative estimate of drug-likeness (QED) is 0.270. The Balaban J connectivity index is 1.25. The van der Waals surface area contributed by atoms with Gasteiger partial charge in [0.1, 0.15) is 23.6 Å². The Hall–Kier alpha value is -4.99. The van der Waals surface area contributed by atoms with Gasteiger partial charge >= 0.3 is 0 Å². The van der Waals surface area contributed by atoms with Gasteiger partial charge in [-0.1, -0.05) is 6.58 Å². The van der Waals surface area contributed by atoms with Crippen LogP contribution in [0, 0.1) is 12.7 Å². The number of halogens is 1. The lowest BCUT2D eigenvalue weighted by Gasteiger charge is -2.40. The molecule has 10 heteroatoms. The molecular weight excluding hydrogens is 521 g/mol. The molecule has 3 heterocycles. The number of ether oxygens (including phenoxy) is 1. The number of hydrogen-bond acceptors (Lipinski definition) is 7. The minimum Gasteiger partial charge on any atom is -0.457 e. The normalized spacial score (nSPS) is 15.4. The standard InChI is InChI=1S/C31H30FN7O2/c1-5-28(40)39-13-12-38(16-20(39)3)26-10-8-23-29(30(26)32)31(34-17-33-23)36-21-6-11-27(19(2)14-21)41-22-7-9-25-24(15-22)35-18-37(25)4/h5-11,14-15,17-18,20H,1,12-13,16H2,2-4H3,(H,33,34,36). The van der Waals surface area contributed by atoms with Crippen molar-refractivity contribution in [3.63, 3.8) is 0 Å². The zero-order valence-electron chi connectivity index (χ0n) is 23.1. The van der Waals surface area contributed by atoms with Crippen LogP contribution in [0.5, 0.6) is 11.5 Å². The number of nitrogens with zero attached hydrogens (tertiary/aromatic N) is 6. The van der Waals surface area contributed by atoms with Crippen LogP contribution >= 0.6 is 0 Å². The zero-order valence-corrected chi connectivity index (χ0v) is 23.1. The molecule has 1 atom stereocenters. The van der Waals surface area contributed by atoms with E-state index in [1.165, 1.54) is 12.4 Å². The Morgan fingerprint density at radius 2 is 1.95 bits per heavy atom. The van der Waals surface area contributed by atoms with E-state index in [0.29, 0.717) is 53.5 Å². The van der Waals surface area contributed by atoms with Crippen LogP contribution in [-0.4, -0.2) is 56.0 Å². The lowest BCUT2D eigenvalue weighted by molar-refractivity contribution is -0.128. The number of aromatic nitrogens is 4. The Labute approximate surface area is 236 Å². The summed E-state index contributed by atoms with van der Waals surface area (Å²) in [6.07, 6.45) is 4.51. The van der Waals surface area contributed by atoms with Gasteiger partial charge in [-0.25, -0.2) is 19.3 Å². The molecule has 6 rings (SSSR count). The fourth-order valence-corrected chi connectivity index (χ4v) is 5.35. The van der Waals surface area contributed by atoms with Gasteiger partial charge in [-0.2, -0.15) is 0 Å². The van der Waals surface area contributed by atoms with Crippen molar-refractivity contribution >= 4 is 45.0 Å². The molecule has 0 spiro atoms. The molecule has 3 aromatic carbocycles. The van der Waals surface area contributed by atoms with Gasteiger partial charge in [0.15, 0.2) is 5.82 Å². The van der Waals surface area contributed by atoms with E-state index < -0.39 is 5.82 Å². The predicted octanol–water partition coefficient (Wildman–Crippen LogP) is 5.72. The molecule has 1 aliphatic rings. The molecule has 9 nitrogen and oxygen atoms in total. The molecule has 208 valence electrons. The average molecular weight is 552 g/mol. The summed E-state index contributed by atoms with van der Waals surface area (Å²) in [7, 11) is 1.95. The Morgan fingerprint density at radius 3 is 2.73 bits per heavy atom. The van der Waals surface area contributed by atoms with Gasteiger partial charge in [-0.3, -0.25) is 4.79 Å². The molecule has 1 N–H and O–H groups in total. The molecular formula is C31H30FN7O2. The van der Waals surface area contributed by atoms with Crippen LogP contribution in [-0.2, 0) is 11.8 Å². The molecule has 0 saturated carbocycles. The average Bonchev–Trinajstić information content (AvgIpc) is 3.34. The van der Waals surface area contributed by atoms with Gasteiger partial charge in [0, 0.05) is 44.5 Å². The molecule has 0 radical (unpaired) electrons. The van der Waals surface area contributed by atoms with E-state index >= 15 is 4.39 Å². The topological polar surface area (TPSA) is 88.4 Å². The lowest BCUT2D eigenvalue weighted by atomic mass is 10.1. The van der Waals surface area contributed by atoms with Crippen LogP contribution in [0.4, 0.5) is 21.6 Å². The fraction of sp³-hybridized carbons (Fsp3) is 0.226. The minimum atomic E-state index is -0.400. The third kappa shape index (κ3) is 4.93. The van der Waals surface area contributed by atoms with E-state index in [1.807, 2.05) is 66.8 Å². The van der Waals surface area contributed by atoms with Crippen molar-refractivity contribution < 1.29 is 13.9 Å². The first-order chi connectivity index (χ1) is 19.8. The van der Waals surface area contributed by atoms with E-state index in [0.717, 1.165) is 22.3 Å². The van der Waals surface area contributed by atoms with E-state index in [2.05, 4.69) is 26.8 Å². The van der Waals surface area contributed by atoms with Gasteiger partial charge in [0.2, 0.25) is 5.91 Å². The second kappa shape index (κ2) is 10.5. The number of amides is 1. The van der Waals surface area contributed by atoms with Crippen LogP contribution < -0.4 is 15.0 Å². The first kappa shape index (κ1) is 26.2. The smallest absolute Gasteiger partial charge is 0.246 e. The molecule has 1 aliphatic heterocycles. The Kier molecular flexibility index (Phi) is 6.74. The summed E-state index contributed by atoms with van der Waals surface area (Å²) in [5.41, 5.74) is 4.48. The van der Waals surface area contributed by atoms with Crippen LogP contribution in [0.15, 0.2) is 73.8 Å². The van der Waals surface area contributed by atoms with Crippen LogP contribution in [0.25, 0.3) is 21.9 Å². The number of benzene rings is 3. The zero-order chi connectivity index (χ0) is 28.7. The first-order valence-corrected chi connectivity index (χ1v) is 13.4. The maximum absolute atomic E-state index is 16.1. The maximum atomic E-state index is 16.1. The number of carbonyl (C=O) groups is 1. The van der Waals surface area contributed by atoms with Crippen LogP contribution in [0.2, 0.25) is 0 Å². The number of fused-ring (bicyclic) bond motifs is 2. The third-order valence-corrected chi connectivity index (χ3v) is 7.51. The predicted molar refractivity (Wildman–Crippen MR) is 158 cm³/mol. The highest BCUT2D eigenvalue weighted by atomic mass is 19.1. The summed E-state index contributed by atoms with van der Waals surface area (Å²) in [6.45, 7) is 9.00. The number of carbonyl (C=O) groups excluding carboxylic acids is 1. The highest BCUT2D eigenvalue weighted by Crippen LogP contribution is 2.34. The van der Waals surface area contributed by atoms with Crippen molar-refractivity contribution in [2.24, 2.45) is 7.05 Å². The Morgan fingerprint density at radius 1 is 1.10 bits per heavy atom. The summed E-state index contributed by atoms with van der Waals surface area (Å²) < 4.78 is 24.2. The Bertz CT molecular complexity index is 1800. The first-order valence-electron chi connectivity index (χ1n) is 13.4. The molecule has 1 saturated heterocycles. The summed E-state index contributed by atoms with van der Waals surface area (Å²) in [6, 6.07) is 14.9. The molecule has 1 amide bonds. The monoisotopic (exact) mass is 551 g/mol. The number of aryl methyl sites for hydroxylation is 2. The maximum Gasteiger partial charge on any atom is 0.246 e. The summed E-state index contributed by atoms with van der Waals surface area (Å²) >= 11 is 0. The number of imidazole rings is 1. The molecule has 5 aromatic rings. The van der Waals surface area contributed by atoms with E-state index in [-0.39, 0.29) is 11.9 Å². The van der Waals surface area contributed by atoms with Gasteiger partial charge in [0.05, 0.1) is 34.0 Å². The highest BCUT2D eigenvalue weighted by Gasteiger charge is 2.28. The summed E-state index contributed by atoms with van der Waals surface area (Å²) in [4.78, 5) is 28.9. The van der Waals surface area contributed by atoms with Crippen molar-refractivity contribution in [2.45, 2.75) is 19.9 Å². The van der Waals surface area contributed by atoms with Gasteiger partial charge in [-0.05, 0) is 68.0 Å². The second-order valence-electron chi connectivity index (χ2n) is 10.3. The van der Waals surface area contributed by atoms with Gasteiger partial charge < -0.3 is 24.4 Å². The SMILES string of the molecule is C=CC(=O)N1CCN(c2ccc3ncnc(Nc4ccc(Oc5ccc6c(c5)ncn6C)c(C)c4)c3c2F)CC1C. The van der Waals surface area contributed by atoms with Crippen molar-refractivity contribution in [2.75, 3.05) is 29.9 Å². The highest BCUT2D eigenvalue weighted by molar-refractivity contribution is 5.94. The van der Waals surface area contributed by atoms with Gasteiger partial charge in [0.25, 0.3) is 0 Å². The molecule has 0 aliphatic carbocycles. The largest absolute Gasteiger partial charge is 0.457 e. The van der Waals surface area contributed by atoms with Crippen molar-refractivity contribution in [1.29, 1.82) is 0 Å². The number of piperazine rings is 1. The molecule has 0 bridgehead atoms. The van der Waals surface area contributed by atoms with E-state index in [1.54, 1.807) is 23.4 Å². The number of rotatable bonds is 6. The van der Waals surface area contributed by atoms with Gasteiger partial charge in [-0.15, -0.1) is 0 Å². The molecule has 2 aromatic heterocycles. The number of anilines is 3. The second-order valence-corrected chi connectivity index (χ2v) is 10.3. The minimum absolute atomic E-state index is 0.0801. The lowest BCUT2D eigenvalue weighted by Crippen LogP contribution is -2.53. The number of hydrogen-bond donors (Lipinski definition) is 1. The van der Waals surface area contributed by atoms with Crippen molar-refractivity contribution in [3.05, 3.63) is 85.2 Å². The molecule has 1 fully saturated rings. The molecule has 1 unspecified atom stereocenters. The van der Waals surface area contributed by atoms with Crippen LogP contribution in [0.1, 0.15) is 12.5 Å². The van der Waals surface area contributed by atoms with Crippen molar-refractivity contribution in [1.82, 2.24) is 24.4 Å². The van der Waals surface area contributed by atoms with E-state index in [4.69, 9.17) is 4.74 Å². The number of nitrogens with one attached hydrogen (secondary N) is 1. The molecule has 41 heavy (non-hydrogen) atoms. The third-order valence-electron chi connectivity index (χ3n) is 7.51.